The molecule has 0 aliphatic carbocycles. The lowest BCUT2D eigenvalue weighted by atomic mass is 9.97. The van der Waals surface area contributed by atoms with Gasteiger partial charge in [0.1, 0.15) is 11.6 Å². The molecule has 4 heterocycles. The number of amides is 1. The van der Waals surface area contributed by atoms with Crippen LogP contribution in [0.1, 0.15) is 61.2 Å². The molecular weight excluding hydrogens is 462 g/mol. The van der Waals surface area contributed by atoms with Crippen molar-refractivity contribution in [2.24, 2.45) is 5.92 Å². The van der Waals surface area contributed by atoms with Crippen molar-refractivity contribution in [3.05, 3.63) is 29.5 Å². The monoisotopic (exact) mass is 493 g/mol. The summed E-state index contributed by atoms with van der Waals surface area (Å²) in [6.07, 6.45) is 5.84. The number of hydrogen-bond acceptors (Lipinski definition) is 8. The molecule has 1 amide bonds. The van der Waals surface area contributed by atoms with Crippen LogP contribution in [-0.4, -0.2) is 65.6 Å². The van der Waals surface area contributed by atoms with E-state index in [1.165, 1.54) is 22.9 Å². The third-order valence-electron chi connectivity index (χ3n) is 6.31. The average molecular weight is 494 g/mol. The lowest BCUT2D eigenvalue weighted by molar-refractivity contribution is -0.126. The van der Waals surface area contributed by atoms with Gasteiger partial charge in [0.25, 0.3) is 10.0 Å². The van der Waals surface area contributed by atoms with Gasteiger partial charge in [0.05, 0.1) is 6.61 Å². The number of nitrogens with one attached hydrogen (secondary N) is 1. The number of aryl methyl sites for hydroxylation is 1. The highest BCUT2D eigenvalue weighted by Crippen LogP contribution is 2.25. The molecule has 12 heteroatoms. The number of fused-ring (bicyclic) bond motifs is 1. The zero-order valence-corrected chi connectivity index (χ0v) is 20.2. The van der Waals surface area contributed by atoms with Crippen molar-refractivity contribution in [3.8, 4) is 0 Å². The second-order valence-electron chi connectivity index (χ2n) is 8.55. The van der Waals surface area contributed by atoms with Gasteiger partial charge < -0.3 is 19.0 Å². The fourth-order valence-electron chi connectivity index (χ4n) is 4.43. The van der Waals surface area contributed by atoms with Crippen molar-refractivity contribution < 1.29 is 27.2 Å². The molecule has 1 saturated heterocycles. The summed E-state index contributed by atoms with van der Waals surface area (Å²) in [5.74, 6) is 0.738. The number of hydrogen-bond donors (Lipinski definition) is 1. The molecule has 0 bridgehead atoms. The summed E-state index contributed by atoms with van der Waals surface area (Å²) in [6.45, 7) is 3.62. The van der Waals surface area contributed by atoms with Gasteiger partial charge in [0.15, 0.2) is 0 Å². The van der Waals surface area contributed by atoms with Crippen molar-refractivity contribution in [3.63, 3.8) is 0 Å². The van der Waals surface area contributed by atoms with E-state index >= 15 is 0 Å². The Balaban J connectivity index is 1.26. The van der Waals surface area contributed by atoms with E-state index in [-0.39, 0.29) is 42.4 Å². The standard InChI is InChI=1S/C22H31N5O6S/c1-2-32-22(29)17-7-8-20(33-17)34(30,31)26-14-10-16(11-15-26)21(28)23-12-9-19-25-24-18-6-4-3-5-13-27(18)19/h7-8,16H,2-6,9-15H2,1H3,(H,23,28). The maximum atomic E-state index is 12.9. The molecule has 186 valence electrons. The predicted molar refractivity (Wildman–Crippen MR) is 120 cm³/mol. The quantitative estimate of drug-likeness (QED) is 0.547. The molecule has 0 unspecified atom stereocenters. The number of esters is 1. The summed E-state index contributed by atoms with van der Waals surface area (Å²) < 4.78 is 39.3. The topological polar surface area (TPSA) is 137 Å². The molecule has 2 aromatic heterocycles. The van der Waals surface area contributed by atoms with Gasteiger partial charge in [0.2, 0.25) is 16.8 Å². The van der Waals surface area contributed by atoms with E-state index in [4.69, 9.17) is 9.15 Å². The summed E-state index contributed by atoms with van der Waals surface area (Å²) in [5.41, 5.74) is 0. The van der Waals surface area contributed by atoms with E-state index < -0.39 is 16.0 Å². The van der Waals surface area contributed by atoms with E-state index in [2.05, 4.69) is 20.1 Å². The Hall–Kier alpha value is -2.73. The molecule has 2 aliphatic heterocycles. The van der Waals surface area contributed by atoms with E-state index in [0.717, 1.165) is 37.5 Å². The zero-order valence-electron chi connectivity index (χ0n) is 19.4. The molecule has 1 N–H and O–H groups in total. The van der Waals surface area contributed by atoms with E-state index in [0.29, 0.717) is 25.8 Å². The van der Waals surface area contributed by atoms with Crippen LogP contribution >= 0.6 is 0 Å². The van der Waals surface area contributed by atoms with E-state index in [9.17, 15) is 18.0 Å². The number of carbonyl (C=O) groups is 2. The molecule has 0 aromatic carbocycles. The Morgan fingerprint density at radius 2 is 1.94 bits per heavy atom. The van der Waals surface area contributed by atoms with E-state index in [1.807, 2.05) is 0 Å². The summed E-state index contributed by atoms with van der Waals surface area (Å²) in [7, 11) is -3.89. The first kappa shape index (κ1) is 24.4. The minimum atomic E-state index is -3.89. The molecule has 0 radical (unpaired) electrons. The number of aromatic nitrogens is 3. The molecule has 2 aromatic rings. The Morgan fingerprint density at radius 1 is 1.15 bits per heavy atom. The number of carbonyl (C=O) groups excluding carboxylic acids is 2. The van der Waals surface area contributed by atoms with Crippen LogP contribution in [0.2, 0.25) is 0 Å². The van der Waals surface area contributed by atoms with Crippen molar-refractivity contribution in [2.75, 3.05) is 26.2 Å². The molecule has 4 rings (SSSR count). The van der Waals surface area contributed by atoms with Crippen LogP contribution in [0.25, 0.3) is 0 Å². The number of piperidine rings is 1. The Labute approximate surface area is 198 Å². The van der Waals surface area contributed by atoms with Gasteiger partial charge in [-0.25, -0.2) is 13.2 Å². The molecule has 0 spiro atoms. The van der Waals surface area contributed by atoms with Gasteiger partial charge in [-0.05, 0) is 44.7 Å². The minimum Gasteiger partial charge on any atom is -0.460 e. The molecule has 0 saturated carbocycles. The first-order chi connectivity index (χ1) is 16.4. The van der Waals surface area contributed by atoms with Gasteiger partial charge in [-0.3, -0.25) is 4.79 Å². The molecule has 2 aliphatic rings. The molecule has 1 fully saturated rings. The number of rotatable bonds is 8. The number of sulfonamides is 1. The SMILES string of the molecule is CCOC(=O)c1ccc(S(=O)(=O)N2CCC(C(=O)NCCc3nnc4n3CCCCC4)CC2)o1. The zero-order chi connectivity index (χ0) is 24.1. The van der Waals surface area contributed by atoms with Crippen molar-refractivity contribution in [1.82, 2.24) is 24.4 Å². The van der Waals surface area contributed by atoms with Crippen LogP contribution in [0, 0.1) is 5.92 Å². The molecular formula is C22H31N5O6S. The normalized spacial score (nSPS) is 17.7. The van der Waals surface area contributed by atoms with Gasteiger partial charge >= 0.3 is 5.97 Å². The number of ether oxygens (including phenoxy) is 1. The lowest BCUT2D eigenvalue weighted by Gasteiger charge is -2.29. The van der Waals surface area contributed by atoms with Crippen LogP contribution in [0.3, 0.4) is 0 Å². The van der Waals surface area contributed by atoms with Gasteiger partial charge in [0, 0.05) is 44.9 Å². The van der Waals surface area contributed by atoms with Crippen molar-refractivity contribution >= 4 is 21.9 Å². The summed E-state index contributed by atoms with van der Waals surface area (Å²) in [5, 5.41) is 11.2. The summed E-state index contributed by atoms with van der Waals surface area (Å²) >= 11 is 0. The van der Waals surface area contributed by atoms with Gasteiger partial charge in [-0.2, -0.15) is 4.31 Å². The Bertz CT molecular complexity index is 1120. The second-order valence-corrected chi connectivity index (χ2v) is 10.4. The van der Waals surface area contributed by atoms with Gasteiger partial charge in [-0.1, -0.05) is 6.42 Å². The summed E-state index contributed by atoms with van der Waals surface area (Å²) in [6, 6.07) is 2.55. The predicted octanol–water partition coefficient (Wildman–Crippen LogP) is 1.53. The smallest absolute Gasteiger partial charge is 0.374 e. The highest BCUT2D eigenvalue weighted by Gasteiger charge is 2.34. The second kappa shape index (κ2) is 10.7. The highest BCUT2D eigenvalue weighted by atomic mass is 32.2. The molecule has 34 heavy (non-hydrogen) atoms. The fraction of sp³-hybridized carbons (Fsp3) is 0.636. The van der Waals surface area contributed by atoms with Crippen molar-refractivity contribution in [1.29, 1.82) is 0 Å². The third kappa shape index (κ3) is 5.33. The van der Waals surface area contributed by atoms with E-state index in [1.54, 1.807) is 6.92 Å². The van der Waals surface area contributed by atoms with Crippen LogP contribution < -0.4 is 5.32 Å². The molecule has 0 atom stereocenters. The Morgan fingerprint density at radius 3 is 2.71 bits per heavy atom. The largest absolute Gasteiger partial charge is 0.460 e. The third-order valence-corrected chi connectivity index (χ3v) is 8.08. The fourth-order valence-corrected chi connectivity index (χ4v) is 5.81. The lowest BCUT2D eigenvalue weighted by Crippen LogP contribution is -2.43. The maximum Gasteiger partial charge on any atom is 0.374 e. The first-order valence-corrected chi connectivity index (χ1v) is 13.3. The Kier molecular flexibility index (Phi) is 7.67. The number of furan rings is 1. The van der Waals surface area contributed by atoms with Crippen molar-refractivity contribution in [2.45, 2.75) is 63.5 Å². The summed E-state index contributed by atoms with van der Waals surface area (Å²) in [4.78, 5) is 24.4. The van der Waals surface area contributed by atoms with Crippen LogP contribution in [0.5, 0.6) is 0 Å². The maximum absolute atomic E-state index is 12.9. The molecule has 11 nitrogen and oxygen atoms in total. The highest BCUT2D eigenvalue weighted by molar-refractivity contribution is 7.89. The van der Waals surface area contributed by atoms with Crippen LogP contribution in [0.15, 0.2) is 21.6 Å². The number of nitrogens with zero attached hydrogens (tertiary/aromatic N) is 4. The van der Waals surface area contributed by atoms with Gasteiger partial charge in [-0.15, -0.1) is 10.2 Å². The van der Waals surface area contributed by atoms with Crippen LogP contribution in [0.4, 0.5) is 0 Å². The average Bonchev–Trinajstić information content (AvgIpc) is 3.41. The first-order valence-electron chi connectivity index (χ1n) is 11.9. The van der Waals surface area contributed by atoms with Crippen LogP contribution in [-0.2, 0) is 38.9 Å². The minimum absolute atomic E-state index is 0.0738.